The predicted octanol–water partition coefficient (Wildman–Crippen LogP) is 6.29. The van der Waals surface area contributed by atoms with E-state index in [1.54, 1.807) is 0 Å². The van der Waals surface area contributed by atoms with Gasteiger partial charge in [-0.25, -0.2) is 8.78 Å². The molecule has 0 nitrogen and oxygen atoms in total. The Morgan fingerprint density at radius 1 is 0.792 bits per heavy atom. The second-order valence-electron chi connectivity index (χ2n) is 6.30. The van der Waals surface area contributed by atoms with Crippen molar-refractivity contribution in [1.29, 1.82) is 0 Å². The van der Waals surface area contributed by atoms with Crippen molar-refractivity contribution in [3.05, 3.63) is 95.1 Å². The Kier molecular flexibility index (Phi) is 4.75. The van der Waals surface area contributed by atoms with E-state index in [4.69, 9.17) is 0 Å². The molecule has 1 atom stereocenters. The molecule has 0 N–H and O–H groups in total. The Balaban J connectivity index is 1.89. The van der Waals surface area contributed by atoms with Gasteiger partial charge < -0.3 is 0 Å². The van der Waals surface area contributed by atoms with Crippen LogP contribution < -0.4 is 0 Å². The molecular weight excluding hydrogens is 302 g/mol. The van der Waals surface area contributed by atoms with Gasteiger partial charge in [-0.1, -0.05) is 67.1 Å². The third-order valence-electron chi connectivity index (χ3n) is 4.40. The molecule has 0 unspecified atom stereocenters. The van der Waals surface area contributed by atoms with Gasteiger partial charge in [0.25, 0.3) is 0 Å². The standard InChI is InChI=1S/C22H20F2/c1-15-8-10-18(11-9-15)19-13-21(23)20(22(24)14-19)12-16(2)17-6-4-3-5-7-17/h3-11,13-14,16H,12H2,1-2H3/t16-/m1/s1. The van der Waals surface area contributed by atoms with Crippen molar-refractivity contribution in [2.24, 2.45) is 0 Å². The maximum atomic E-state index is 14.5. The number of hydrogen-bond donors (Lipinski definition) is 0. The number of aryl methyl sites for hydroxylation is 1. The summed E-state index contributed by atoms with van der Waals surface area (Å²) >= 11 is 0. The molecule has 0 heterocycles. The zero-order chi connectivity index (χ0) is 17.1. The molecular formula is C22H20F2. The SMILES string of the molecule is Cc1ccc(-c2cc(F)c(C[C@@H](C)c3ccccc3)c(F)c2)cc1. The Morgan fingerprint density at radius 3 is 1.96 bits per heavy atom. The van der Waals surface area contributed by atoms with E-state index in [0.29, 0.717) is 12.0 Å². The van der Waals surface area contributed by atoms with E-state index in [-0.39, 0.29) is 11.5 Å². The molecule has 3 aromatic carbocycles. The second kappa shape index (κ2) is 6.96. The van der Waals surface area contributed by atoms with Crippen molar-refractivity contribution < 1.29 is 8.78 Å². The summed E-state index contributed by atoms with van der Waals surface area (Å²) in [5, 5.41) is 0. The van der Waals surface area contributed by atoms with Gasteiger partial charge >= 0.3 is 0 Å². The van der Waals surface area contributed by atoms with E-state index in [2.05, 4.69) is 0 Å². The molecule has 0 saturated heterocycles. The summed E-state index contributed by atoms with van der Waals surface area (Å²) in [4.78, 5) is 0. The predicted molar refractivity (Wildman–Crippen MR) is 95.1 cm³/mol. The fourth-order valence-corrected chi connectivity index (χ4v) is 2.92. The van der Waals surface area contributed by atoms with Crippen molar-refractivity contribution in [1.82, 2.24) is 0 Å². The number of benzene rings is 3. The molecule has 0 spiro atoms. The van der Waals surface area contributed by atoms with Gasteiger partial charge in [0.2, 0.25) is 0 Å². The van der Waals surface area contributed by atoms with Gasteiger partial charge in [0, 0.05) is 5.56 Å². The summed E-state index contributed by atoms with van der Waals surface area (Å²) in [6, 6.07) is 20.3. The second-order valence-corrected chi connectivity index (χ2v) is 6.30. The highest BCUT2D eigenvalue weighted by atomic mass is 19.1. The van der Waals surface area contributed by atoms with Gasteiger partial charge in [0.15, 0.2) is 0 Å². The minimum Gasteiger partial charge on any atom is -0.207 e. The van der Waals surface area contributed by atoms with Crippen LogP contribution in [0.4, 0.5) is 8.78 Å². The van der Waals surface area contributed by atoms with E-state index in [0.717, 1.165) is 16.7 Å². The summed E-state index contributed by atoms with van der Waals surface area (Å²) in [5.41, 5.74) is 3.75. The van der Waals surface area contributed by atoms with Crippen LogP contribution in [0.25, 0.3) is 11.1 Å². The fourth-order valence-electron chi connectivity index (χ4n) is 2.92. The van der Waals surface area contributed by atoms with E-state index in [1.165, 1.54) is 12.1 Å². The summed E-state index contributed by atoms with van der Waals surface area (Å²) in [7, 11) is 0. The number of rotatable bonds is 4. The maximum Gasteiger partial charge on any atom is 0.129 e. The molecule has 0 aliphatic rings. The van der Waals surface area contributed by atoms with Gasteiger partial charge in [0.05, 0.1) is 0 Å². The molecule has 24 heavy (non-hydrogen) atoms. The van der Waals surface area contributed by atoms with Crippen LogP contribution in [0, 0.1) is 18.6 Å². The van der Waals surface area contributed by atoms with Crippen molar-refractivity contribution in [2.75, 3.05) is 0 Å². The first-order valence-electron chi connectivity index (χ1n) is 8.14. The molecule has 0 fully saturated rings. The third kappa shape index (κ3) is 3.53. The van der Waals surface area contributed by atoms with Crippen LogP contribution in [0.3, 0.4) is 0 Å². The van der Waals surface area contributed by atoms with Gasteiger partial charge in [-0.15, -0.1) is 0 Å². The first-order chi connectivity index (χ1) is 11.5. The Morgan fingerprint density at radius 2 is 1.38 bits per heavy atom. The Bertz CT molecular complexity index is 797. The monoisotopic (exact) mass is 322 g/mol. The fraction of sp³-hybridized carbons (Fsp3) is 0.182. The first-order valence-corrected chi connectivity index (χ1v) is 8.14. The smallest absolute Gasteiger partial charge is 0.129 e. The van der Waals surface area contributed by atoms with Crippen LogP contribution in [-0.4, -0.2) is 0 Å². The zero-order valence-corrected chi connectivity index (χ0v) is 13.9. The van der Waals surface area contributed by atoms with Gasteiger partial charge in [0.1, 0.15) is 11.6 Å². The topological polar surface area (TPSA) is 0 Å². The van der Waals surface area contributed by atoms with Crippen molar-refractivity contribution in [3.8, 4) is 11.1 Å². The van der Waals surface area contributed by atoms with Gasteiger partial charge in [-0.05, 0) is 48.1 Å². The van der Waals surface area contributed by atoms with Crippen molar-refractivity contribution in [2.45, 2.75) is 26.2 Å². The van der Waals surface area contributed by atoms with Crippen LogP contribution >= 0.6 is 0 Å². The molecule has 0 bridgehead atoms. The molecule has 0 radical (unpaired) electrons. The van der Waals surface area contributed by atoms with E-state index < -0.39 is 11.6 Å². The summed E-state index contributed by atoms with van der Waals surface area (Å²) in [6.45, 7) is 3.97. The minimum absolute atomic E-state index is 0.0559. The Hall–Kier alpha value is -2.48. The highest BCUT2D eigenvalue weighted by Crippen LogP contribution is 2.28. The highest BCUT2D eigenvalue weighted by molar-refractivity contribution is 5.64. The lowest BCUT2D eigenvalue weighted by Crippen LogP contribution is -2.04. The summed E-state index contributed by atoms with van der Waals surface area (Å²) in [6.07, 6.45) is 0.343. The molecule has 2 heteroatoms. The van der Waals surface area contributed by atoms with Gasteiger partial charge in [-0.2, -0.15) is 0 Å². The average Bonchev–Trinajstić information content (AvgIpc) is 2.59. The quantitative estimate of drug-likeness (QED) is 0.530. The molecule has 0 aromatic heterocycles. The molecule has 0 aliphatic carbocycles. The highest BCUT2D eigenvalue weighted by Gasteiger charge is 2.16. The molecule has 3 aromatic rings. The van der Waals surface area contributed by atoms with E-state index in [9.17, 15) is 8.78 Å². The van der Waals surface area contributed by atoms with Gasteiger partial charge in [-0.3, -0.25) is 0 Å². The van der Waals surface area contributed by atoms with Crippen LogP contribution in [0.15, 0.2) is 66.7 Å². The minimum atomic E-state index is -0.478. The molecule has 0 saturated carbocycles. The van der Waals surface area contributed by atoms with Crippen LogP contribution in [0.5, 0.6) is 0 Å². The van der Waals surface area contributed by atoms with E-state index >= 15 is 0 Å². The molecule has 3 rings (SSSR count). The zero-order valence-electron chi connectivity index (χ0n) is 13.9. The molecule has 0 amide bonds. The van der Waals surface area contributed by atoms with E-state index in [1.807, 2.05) is 68.4 Å². The molecule has 122 valence electrons. The van der Waals surface area contributed by atoms with Crippen molar-refractivity contribution in [3.63, 3.8) is 0 Å². The lowest BCUT2D eigenvalue weighted by atomic mass is 9.92. The normalized spacial score (nSPS) is 12.2. The summed E-state index contributed by atoms with van der Waals surface area (Å²) < 4.78 is 29.0. The largest absolute Gasteiger partial charge is 0.207 e. The number of hydrogen-bond acceptors (Lipinski definition) is 0. The lowest BCUT2D eigenvalue weighted by Gasteiger charge is -2.14. The Labute approximate surface area is 141 Å². The maximum absolute atomic E-state index is 14.5. The lowest BCUT2D eigenvalue weighted by molar-refractivity contribution is 0.544. The number of halogens is 2. The van der Waals surface area contributed by atoms with Crippen LogP contribution in [-0.2, 0) is 6.42 Å². The van der Waals surface area contributed by atoms with Crippen LogP contribution in [0.2, 0.25) is 0 Å². The first kappa shape index (κ1) is 16.4. The average molecular weight is 322 g/mol. The molecule has 0 aliphatic heterocycles. The van der Waals surface area contributed by atoms with Crippen molar-refractivity contribution >= 4 is 0 Å². The third-order valence-corrected chi connectivity index (χ3v) is 4.40. The summed E-state index contributed by atoms with van der Waals surface area (Å²) in [5.74, 6) is -0.901. The van der Waals surface area contributed by atoms with Crippen LogP contribution in [0.1, 0.15) is 29.5 Å².